The Bertz CT molecular complexity index is 423. The molecule has 1 fully saturated rings. The highest BCUT2D eigenvalue weighted by Gasteiger charge is 2.38. The molecule has 106 valence electrons. The van der Waals surface area contributed by atoms with E-state index in [9.17, 15) is 5.11 Å². The Kier molecular flexibility index (Phi) is 3.91. The van der Waals surface area contributed by atoms with Crippen molar-refractivity contribution in [1.82, 2.24) is 0 Å². The molecule has 2 heteroatoms. The van der Waals surface area contributed by atoms with E-state index in [4.69, 9.17) is 4.74 Å². The maximum absolute atomic E-state index is 10.9. The maximum Gasteiger partial charge on any atom is 0.119 e. The lowest BCUT2D eigenvalue weighted by Gasteiger charge is -2.41. The molecule has 0 spiro atoms. The zero-order valence-electron chi connectivity index (χ0n) is 12.6. The van der Waals surface area contributed by atoms with Crippen molar-refractivity contribution in [2.45, 2.75) is 52.1 Å². The number of aliphatic hydroxyl groups is 1. The Labute approximate surface area is 116 Å². The van der Waals surface area contributed by atoms with Crippen LogP contribution in [0.3, 0.4) is 0 Å². The van der Waals surface area contributed by atoms with Gasteiger partial charge in [-0.3, -0.25) is 0 Å². The third-order valence-corrected chi connectivity index (χ3v) is 4.64. The van der Waals surface area contributed by atoms with Crippen LogP contribution < -0.4 is 4.74 Å². The van der Waals surface area contributed by atoms with Gasteiger partial charge in [0, 0.05) is 0 Å². The van der Waals surface area contributed by atoms with Crippen LogP contribution in [-0.2, 0) is 5.60 Å². The Hall–Kier alpha value is -1.02. The molecule has 1 saturated carbocycles. The first kappa shape index (κ1) is 14.4. The monoisotopic (exact) mass is 262 g/mol. The van der Waals surface area contributed by atoms with Crippen LogP contribution in [0.1, 0.15) is 52.0 Å². The van der Waals surface area contributed by atoms with Crippen molar-refractivity contribution in [2.24, 2.45) is 11.3 Å². The summed E-state index contributed by atoms with van der Waals surface area (Å²) in [6.45, 7) is 6.90. The van der Waals surface area contributed by atoms with Gasteiger partial charge in [-0.05, 0) is 54.7 Å². The number of rotatable bonds is 2. The van der Waals surface area contributed by atoms with E-state index < -0.39 is 5.60 Å². The molecule has 1 aromatic rings. The summed E-state index contributed by atoms with van der Waals surface area (Å²) in [4.78, 5) is 0. The second-order valence-electron chi connectivity index (χ2n) is 6.90. The fourth-order valence-electron chi connectivity index (χ4n) is 3.16. The Balaban J connectivity index is 2.13. The SMILES string of the molecule is COc1cccc(C2(O)CCC(C(C)(C)C)CC2)c1. The standard InChI is InChI=1S/C17H26O2/c1-16(2,3)13-8-10-17(18,11-9-13)14-6-5-7-15(12-14)19-4/h5-7,12-13,18H,8-11H2,1-4H3. The van der Waals surface area contributed by atoms with E-state index in [0.29, 0.717) is 11.3 Å². The van der Waals surface area contributed by atoms with Crippen LogP contribution in [0.15, 0.2) is 24.3 Å². The van der Waals surface area contributed by atoms with Crippen molar-refractivity contribution in [2.75, 3.05) is 7.11 Å². The first-order valence-electron chi connectivity index (χ1n) is 7.22. The van der Waals surface area contributed by atoms with Gasteiger partial charge in [-0.2, -0.15) is 0 Å². The van der Waals surface area contributed by atoms with Crippen molar-refractivity contribution in [3.8, 4) is 5.75 Å². The molecule has 0 atom stereocenters. The molecule has 0 radical (unpaired) electrons. The molecule has 1 aromatic carbocycles. The molecule has 0 bridgehead atoms. The summed E-state index contributed by atoms with van der Waals surface area (Å²) in [6.07, 6.45) is 3.89. The predicted molar refractivity (Wildman–Crippen MR) is 78.3 cm³/mol. The van der Waals surface area contributed by atoms with Crippen LogP contribution in [0, 0.1) is 11.3 Å². The summed E-state index contributed by atoms with van der Waals surface area (Å²) in [5.74, 6) is 1.53. The largest absolute Gasteiger partial charge is 0.497 e. The first-order valence-corrected chi connectivity index (χ1v) is 7.22. The van der Waals surface area contributed by atoms with Crippen LogP contribution in [0.2, 0.25) is 0 Å². The maximum atomic E-state index is 10.9. The molecule has 0 saturated heterocycles. The summed E-state index contributed by atoms with van der Waals surface area (Å²) in [7, 11) is 1.67. The Morgan fingerprint density at radius 1 is 1.21 bits per heavy atom. The summed E-state index contributed by atoms with van der Waals surface area (Å²) in [5, 5.41) is 10.9. The average Bonchev–Trinajstić information content (AvgIpc) is 2.38. The van der Waals surface area contributed by atoms with Crippen LogP contribution >= 0.6 is 0 Å². The van der Waals surface area contributed by atoms with Gasteiger partial charge in [-0.1, -0.05) is 32.9 Å². The number of benzene rings is 1. The zero-order chi connectivity index (χ0) is 14.1. The van der Waals surface area contributed by atoms with Crippen LogP contribution in [0.5, 0.6) is 5.75 Å². The number of methoxy groups -OCH3 is 1. The van der Waals surface area contributed by atoms with Gasteiger partial charge in [0.25, 0.3) is 0 Å². The van der Waals surface area contributed by atoms with E-state index in [0.717, 1.165) is 37.0 Å². The summed E-state index contributed by atoms with van der Waals surface area (Å²) in [6, 6.07) is 7.87. The van der Waals surface area contributed by atoms with E-state index in [1.54, 1.807) is 7.11 Å². The van der Waals surface area contributed by atoms with E-state index in [2.05, 4.69) is 20.8 Å². The molecule has 0 aromatic heterocycles. The third-order valence-electron chi connectivity index (χ3n) is 4.64. The van der Waals surface area contributed by atoms with Crippen LogP contribution in [0.4, 0.5) is 0 Å². The van der Waals surface area contributed by atoms with Crippen molar-refractivity contribution in [3.63, 3.8) is 0 Å². The molecule has 1 N–H and O–H groups in total. The van der Waals surface area contributed by atoms with E-state index in [-0.39, 0.29) is 0 Å². The highest BCUT2D eigenvalue weighted by Crippen LogP contribution is 2.45. The van der Waals surface area contributed by atoms with Gasteiger partial charge in [-0.15, -0.1) is 0 Å². The van der Waals surface area contributed by atoms with Gasteiger partial charge in [-0.25, -0.2) is 0 Å². The van der Waals surface area contributed by atoms with E-state index in [1.165, 1.54) is 0 Å². The zero-order valence-corrected chi connectivity index (χ0v) is 12.6. The molecular weight excluding hydrogens is 236 g/mol. The molecule has 2 rings (SSSR count). The lowest BCUT2D eigenvalue weighted by atomic mass is 9.67. The second-order valence-corrected chi connectivity index (χ2v) is 6.90. The lowest BCUT2D eigenvalue weighted by molar-refractivity contribution is -0.0299. The van der Waals surface area contributed by atoms with Gasteiger partial charge in [0.2, 0.25) is 0 Å². The lowest BCUT2D eigenvalue weighted by Crippen LogP contribution is -2.35. The van der Waals surface area contributed by atoms with E-state index in [1.807, 2.05) is 24.3 Å². The smallest absolute Gasteiger partial charge is 0.119 e. The molecule has 1 aliphatic rings. The van der Waals surface area contributed by atoms with Crippen molar-refractivity contribution < 1.29 is 9.84 Å². The normalized spacial score (nSPS) is 28.2. The van der Waals surface area contributed by atoms with Gasteiger partial charge >= 0.3 is 0 Å². The molecule has 0 heterocycles. The minimum atomic E-state index is -0.670. The third kappa shape index (κ3) is 3.11. The van der Waals surface area contributed by atoms with Gasteiger partial charge in [0.15, 0.2) is 0 Å². The average molecular weight is 262 g/mol. The molecule has 19 heavy (non-hydrogen) atoms. The fourth-order valence-corrected chi connectivity index (χ4v) is 3.16. The highest BCUT2D eigenvalue weighted by molar-refractivity contribution is 5.32. The van der Waals surface area contributed by atoms with Crippen molar-refractivity contribution in [1.29, 1.82) is 0 Å². The number of hydrogen-bond acceptors (Lipinski definition) is 2. The fraction of sp³-hybridized carbons (Fsp3) is 0.647. The van der Waals surface area contributed by atoms with Gasteiger partial charge < -0.3 is 9.84 Å². The number of hydrogen-bond donors (Lipinski definition) is 1. The van der Waals surface area contributed by atoms with Gasteiger partial charge in [0.05, 0.1) is 12.7 Å². The van der Waals surface area contributed by atoms with Crippen molar-refractivity contribution in [3.05, 3.63) is 29.8 Å². The van der Waals surface area contributed by atoms with E-state index >= 15 is 0 Å². The van der Waals surface area contributed by atoms with Gasteiger partial charge in [0.1, 0.15) is 5.75 Å². The van der Waals surface area contributed by atoms with Crippen molar-refractivity contribution >= 4 is 0 Å². The Morgan fingerprint density at radius 2 is 1.84 bits per heavy atom. The molecule has 2 nitrogen and oxygen atoms in total. The predicted octanol–water partition coefficient (Wildman–Crippen LogP) is 4.12. The molecule has 0 amide bonds. The number of ether oxygens (including phenoxy) is 1. The highest BCUT2D eigenvalue weighted by atomic mass is 16.5. The molecule has 1 aliphatic carbocycles. The Morgan fingerprint density at radius 3 is 2.37 bits per heavy atom. The molecule has 0 unspecified atom stereocenters. The minimum Gasteiger partial charge on any atom is -0.497 e. The summed E-state index contributed by atoms with van der Waals surface area (Å²) < 4.78 is 5.25. The second kappa shape index (κ2) is 5.16. The molecule has 0 aliphatic heterocycles. The quantitative estimate of drug-likeness (QED) is 0.868. The summed E-state index contributed by atoms with van der Waals surface area (Å²) >= 11 is 0. The minimum absolute atomic E-state index is 0.343. The van der Waals surface area contributed by atoms with Crippen LogP contribution in [0.25, 0.3) is 0 Å². The summed E-state index contributed by atoms with van der Waals surface area (Å²) in [5.41, 5.74) is 0.672. The topological polar surface area (TPSA) is 29.5 Å². The molecular formula is C17H26O2. The van der Waals surface area contributed by atoms with Crippen LogP contribution in [-0.4, -0.2) is 12.2 Å². The first-order chi connectivity index (χ1) is 8.85.